The van der Waals surface area contributed by atoms with Gasteiger partial charge in [0.05, 0.1) is 16.5 Å². The van der Waals surface area contributed by atoms with Gasteiger partial charge in [-0.25, -0.2) is 0 Å². The molecule has 1 N–H and O–H groups in total. The first-order valence-electron chi connectivity index (χ1n) is 7.37. The number of hydrogen-bond acceptors (Lipinski definition) is 6. The standard InChI is InChI=1S/C17H13N3O3S/c21-12-7-5-11(6-8-12)9-15-18-19-16(23-15)10-20-17(22)13-3-1-2-4-14(13)24-20/h1-8,21H,9-10H2. The van der Waals surface area contributed by atoms with Gasteiger partial charge in [-0.15, -0.1) is 10.2 Å². The molecule has 0 fully saturated rings. The van der Waals surface area contributed by atoms with Crippen molar-refractivity contribution in [1.29, 1.82) is 0 Å². The second-order valence-corrected chi connectivity index (χ2v) is 6.43. The highest BCUT2D eigenvalue weighted by Crippen LogP contribution is 2.17. The molecule has 0 saturated heterocycles. The third-order valence-corrected chi connectivity index (χ3v) is 4.70. The SMILES string of the molecule is O=c1c2ccccc2sn1Cc1nnc(Cc2ccc(O)cc2)o1. The normalized spacial score (nSPS) is 11.2. The topological polar surface area (TPSA) is 81.2 Å². The predicted octanol–water partition coefficient (Wildman–Crippen LogP) is 2.79. The van der Waals surface area contributed by atoms with Crippen LogP contribution in [0.4, 0.5) is 0 Å². The molecule has 6 nitrogen and oxygen atoms in total. The molecule has 0 aliphatic carbocycles. The van der Waals surface area contributed by atoms with E-state index in [0.717, 1.165) is 10.3 Å². The van der Waals surface area contributed by atoms with Crippen LogP contribution in [0.5, 0.6) is 5.75 Å². The van der Waals surface area contributed by atoms with E-state index < -0.39 is 0 Å². The van der Waals surface area contributed by atoms with E-state index in [4.69, 9.17) is 4.42 Å². The molecule has 0 unspecified atom stereocenters. The maximum absolute atomic E-state index is 12.3. The van der Waals surface area contributed by atoms with Crippen molar-refractivity contribution in [2.75, 3.05) is 0 Å². The molecular weight excluding hydrogens is 326 g/mol. The van der Waals surface area contributed by atoms with Crippen LogP contribution in [0.15, 0.2) is 57.7 Å². The van der Waals surface area contributed by atoms with Crippen molar-refractivity contribution in [3.05, 3.63) is 76.2 Å². The molecule has 0 bridgehead atoms. The van der Waals surface area contributed by atoms with E-state index in [1.165, 1.54) is 11.5 Å². The van der Waals surface area contributed by atoms with Crippen molar-refractivity contribution in [3.8, 4) is 5.75 Å². The van der Waals surface area contributed by atoms with Gasteiger partial charge < -0.3 is 9.52 Å². The van der Waals surface area contributed by atoms with Crippen molar-refractivity contribution in [2.24, 2.45) is 0 Å². The molecule has 4 rings (SSSR count). The molecule has 0 radical (unpaired) electrons. The van der Waals surface area contributed by atoms with Crippen LogP contribution >= 0.6 is 11.5 Å². The van der Waals surface area contributed by atoms with Crippen molar-refractivity contribution in [1.82, 2.24) is 14.2 Å². The Kier molecular flexibility index (Phi) is 3.62. The molecule has 0 aliphatic rings. The van der Waals surface area contributed by atoms with Crippen LogP contribution in [-0.4, -0.2) is 19.3 Å². The lowest BCUT2D eigenvalue weighted by atomic mass is 10.1. The zero-order valence-corrected chi connectivity index (χ0v) is 13.4. The van der Waals surface area contributed by atoms with E-state index in [-0.39, 0.29) is 17.9 Å². The van der Waals surface area contributed by atoms with Gasteiger partial charge in [-0.3, -0.25) is 8.75 Å². The van der Waals surface area contributed by atoms with Gasteiger partial charge in [0.2, 0.25) is 11.8 Å². The minimum absolute atomic E-state index is 0.0473. The largest absolute Gasteiger partial charge is 0.508 e. The first-order valence-corrected chi connectivity index (χ1v) is 8.14. The summed E-state index contributed by atoms with van der Waals surface area (Å²) in [5.41, 5.74) is 0.913. The van der Waals surface area contributed by atoms with Crippen LogP contribution in [0.2, 0.25) is 0 Å². The number of nitrogens with zero attached hydrogens (tertiary/aromatic N) is 3. The lowest BCUT2D eigenvalue weighted by Gasteiger charge is -1.97. The van der Waals surface area contributed by atoms with Crippen molar-refractivity contribution >= 4 is 21.6 Å². The van der Waals surface area contributed by atoms with Crippen LogP contribution in [-0.2, 0) is 13.0 Å². The Morgan fingerprint density at radius 1 is 1.04 bits per heavy atom. The molecule has 24 heavy (non-hydrogen) atoms. The molecule has 2 heterocycles. The maximum Gasteiger partial charge on any atom is 0.268 e. The Morgan fingerprint density at radius 3 is 2.58 bits per heavy atom. The number of hydrogen-bond donors (Lipinski definition) is 1. The zero-order chi connectivity index (χ0) is 16.5. The van der Waals surface area contributed by atoms with Gasteiger partial charge in [-0.1, -0.05) is 35.8 Å². The molecule has 0 saturated carbocycles. The molecule has 120 valence electrons. The molecule has 0 spiro atoms. The third kappa shape index (κ3) is 2.81. The van der Waals surface area contributed by atoms with Crippen LogP contribution in [0, 0.1) is 0 Å². The summed E-state index contributed by atoms with van der Waals surface area (Å²) in [6, 6.07) is 14.3. The molecule has 0 aliphatic heterocycles. The molecule has 2 aromatic heterocycles. The molecule has 0 amide bonds. The zero-order valence-electron chi connectivity index (χ0n) is 12.5. The first kappa shape index (κ1) is 14.6. The monoisotopic (exact) mass is 339 g/mol. The van der Waals surface area contributed by atoms with Crippen molar-refractivity contribution in [2.45, 2.75) is 13.0 Å². The molecule has 4 aromatic rings. The van der Waals surface area contributed by atoms with E-state index in [1.807, 2.05) is 24.3 Å². The van der Waals surface area contributed by atoms with E-state index in [0.29, 0.717) is 23.6 Å². The summed E-state index contributed by atoms with van der Waals surface area (Å²) in [6.07, 6.45) is 0.481. The fourth-order valence-corrected chi connectivity index (χ4v) is 3.44. The number of phenolic OH excluding ortho intramolecular Hbond substituents is 1. The third-order valence-electron chi connectivity index (χ3n) is 3.63. The molecular formula is C17H13N3O3S. The quantitative estimate of drug-likeness (QED) is 0.618. The smallest absolute Gasteiger partial charge is 0.268 e. The highest BCUT2D eigenvalue weighted by Gasteiger charge is 2.12. The second kappa shape index (κ2) is 5.93. The van der Waals surface area contributed by atoms with Crippen LogP contribution < -0.4 is 5.56 Å². The molecule has 0 atom stereocenters. The van der Waals surface area contributed by atoms with Gasteiger partial charge in [-0.05, 0) is 29.8 Å². The predicted molar refractivity (Wildman–Crippen MR) is 90.4 cm³/mol. The second-order valence-electron chi connectivity index (χ2n) is 5.36. The Balaban J connectivity index is 1.55. The van der Waals surface area contributed by atoms with Gasteiger partial charge in [-0.2, -0.15) is 0 Å². The minimum Gasteiger partial charge on any atom is -0.508 e. The van der Waals surface area contributed by atoms with Crippen LogP contribution in [0.25, 0.3) is 10.1 Å². The van der Waals surface area contributed by atoms with Crippen molar-refractivity contribution < 1.29 is 9.52 Å². The molecule has 7 heteroatoms. The van der Waals surface area contributed by atoms with Gasteiger partial charge in [0.25, 0.3) is 5.56 Å². The number of rotatable bonds is 4. The lowest BCUT2D eigenvalue weighted by Crippen LogP contribution is -2.13. The summed E-state index contributed by atoms with van der Waals surface area (Å²) >= 11 is 1.38. The highest BCUT2D eigenvalue weighted by atomic mass is 32.1. The minimum atomic E-state index is -0.0473. The fourth-order valence-electron chi connectivity index (χ4n) is 2.46. The van der Waals surface area contributed by atoms with Crippen molar-refractivity contribution in [3.63, 3.8) is 0 Å². The first-order chi connectivity index (χ1) is 11.7. The lowest BCUT2D eigenvalue weighted by molar-refractivity contribution is 0.449. The van der Waals surface area contributed by atoms with Crippen LogP contribution in [0.1, 0.15) is 17.3 Å². The van der Waals surface area contributed by atoms with Gasteiger partial charge in [0.1, 0.15) is 12.3 Å². The number of aromatic nitrogens is 3. The maximum atomic E-state index is 12.3. The van der Waals surface area contributed by atoms with Gasteiger partial charge >= 0.3 is 0 Å². The van der Waals surface area contributed by atoms with Crippen LogP contribution in [0.3, 0.4) is 0 Å². The summed E-state index contributed by atoms with van der Waals surface area (Å²) in [5, 5.41) is 18.0. The average Bonchev–Trinajstić information content (AvgIpc) is 3.15. The summed E-state index contributed by atoms with van der Waals surface area (Å²) in [7, 11) is 0. The van der Waals surface area contributed by atoms with E-state index in [9.17, 15) is 9.90 Å². The van der Waals surface area contributed by atoms with Gasteiger partial charge in [0, 0.05) is 0 Å². The van der Waals surface area contributed by atoms with E-state index >= 15 is 0 Å². The Morgan fingerprint density at radius 2 is 1.79 bits per heavy atom. The Bertz CT molecular complexity index is 1050. The highest BCUT2D eigenvalue weighted by molar-refractivity contribution is 7.13. The van der Waals surface area contributed by atoms with E-state index in [1.54, 1.807) is 28.2 Å². The summed E-state index contributed by atoms with van der Waals surface area (Å²) in [4.78, 5) is 12.3. The number of phenols is 1. The number of benzene rings is 2. The Hall–Kier alpha value is -2.93. The van der Waals surface area contributed by atoms with Gasteiger partial charge in [0.15, 0.2) is 0 Å². The summed E-state index contributed by atoms with van der Waals surface area (Å²) in [6.45, 7) is 0.265. The van der Waals surface area contributed by atoms with E-state index in [2.05, 4.69) is 10.2 Å². The fraction of sp³-hybridized carbons (Fsp3) is 0.118. The summed E-state index contributed by atoms with van der Waals surface area (Å²) in [5.74, 6) is 1.09. The average molecular weight is 339 g/mol. The molecule has 2 aromatic carbocycles. The number of aromatic hydroxyl groups is 1. The summed E-state index contributed by atoms with van der Waals surface area (Å²) < 4.78 is 8.18. The number of fused-ring (bicyclic) bond motifs is 1. The Labute approximate surface area is 140 Å².